The van der Waals surface area contributed by atoms with Gasteiger partial charge in [0.1, 0.15) is 0 Å². The molecule has 15 heavy (non-hydrogen) atoms. The maximum Gasteiger partial charge on any atom is 0.418 e. The number of carbonyl (C=O) groups is 1. The number of Topliss-reactive ketones (excluding diaryl/α,β-unsaturated/α-hetero) is 1. The maximum absolute atomic E-state index is 12.6. The first-order valence-corrected chi connectivity index (χ1v) is 4.50. The Morgan fingerprint density at radius 3 is 2.27 bits per heavy atom. The standard InChI is InChI=1S/C10H8ClF3O/c1-5-7(6(2)15)3-4-8(11)9(5)10(12,13)14/h3-4H,1-2H3. The maximum atomic E-state index is 12.6. The van der Waals surface area contributed by atoms with Gasteiger partial charge in [-0.3, -0.25) is 4.79 Å². The summed E-state index contributed by atoms with van der Waals surface area (Å²) >= 11 is 5.46. The summed E-state index contributed by atoms with van der Waals surface area (Å²) in [5.74, 6) is -0.408. The molecule has 0 amide bonds. The third-order valence-corrected chi connectivity index (χ3v) is 2.39. The molecule has 0 aliphatic rings. The zero-order valence-corrected chi connectivity index (χ0v) is 8.83. The lowest BCUT2D eigenvalue weighted by Crippen LogP contribution is -2.11. The second kappa shape index (κ2) is 3.85. The highest BCUT2D eigenvalue weighted by atomic mass is 35.5. The fraction of sp³-hybridized carbons (Fsp3) is 0.300. The Hall–Kier alpha value is -1.03. The molecule has 0 atom stereocenters. The number of rotatable bonds is 1. The highest BCUT2D eigenvalue weighted by molar-refractivity contribution is 6.31. The molecule has 0 saturated carbocycles. The molecule has 0 radical (unpaired) electrons. The van der Waals surface area contributed by atoms with Gasteiger partial charge in [-0.2, -0.15) is 13.2 Å². The zero-order valence-electron chi connectivity index (χ0n) is 8.07. The fourth-order valence-electron chi connectivity index (χ4n) is 1.41. The molecule has 0 aliphatic heterocycles. The summed E-state index contributed by atoms with van der Waals surface area (Å²) in [5, 5.41) is -0.384. The molecule has 82 valence electrons. The predicted octanol–water partition coefficient (Wildman–Crippen LogP) is 3.87. The first-order chi connectivity index (χ1) is 6.75. The van der Waals surface area contributed by atoms with Crippen LogP contribution in [-0.4, -0.2) is 5.78 Å². The first-order valence-electron chi connectivity index (χ1n) is 4.12. The third-order valence-electron chi connectivity index (χ3n) is 2.08. The van der Waals surface area contributed by atoms with Gasteiger partial charge >= 0.3 is 6.18 Å². The smallest absolute Gasteiger partial charge is 0.295 e. The van der Waals surface area contributed by atoms with Crippen LogP contribution in [0.2, 0.25) is 5.02 Å². The molecule has 0 aromatic heterocycles. The normalized spacial score (nSPS) is 11.6. The second-order valence-corrected chi connectivity index (χ2v) is 3.56. The predicted molar refractivity (Wildman–Crippen MR) is 51.2 cm³/mol. The third kappa shape index (κ3) is 2.31. The van der Waals surface area contributed by atoms with Gasteiger partial charge in [0.25, 0.3) is 0 Å². The van der Waals surface area contributed by atoms with Gasteiger partial charge in [-0.1, -0.05) is 11.6 Å². The summed E-state index contributed by atoms with van der Waals surface area (Å²) in [6.45, 7) is 2.46. The van der Waals surface area contributed by atoms with Crippen LogP contribution in [0.15, 0.2) is 12.1 Å². The van der Waals surface area contributed by atoms with E-state index in [0.717, 1.165) is 6.07 Å². The highest BCUT2D eigenvalue weighted by Gasteiger charge is 2.36. The molecular weight excluding hydrogens is 229 g/mol. The Kier molecular flexibility index (Phi) is 3.09. The molecule has 0 aliphatic carbocycles. The molecule has 0 heterocycles. The fourth-order valence-corrected chi connectivity index (χ4v) is 1.72. The van der Waals surface area contributed by atoms with E-state index in [9.17, 15) is 18.0 Å². The Balaban J connectivity index is 3.51. The van der Waals surface area contributed by atoms with Crippen LogP contribution >= 0.6 is 11.6 Å². The van der Waals surface area contributed by atoms with Crippen LogP contribution < -0.4 is 0 Å². The summed E-state index contributed by atoms with van der Waals surface area (Å²) in [4.78, 5) is 11.0. The summed E-state index contributed by atoms with van der Waals surface area (Å²) in [7, 11) is 0. The van der Waals surface area contributed by atoms with E-state index in [-0.39, 0.29) is 16.1 Å². The van der Waals surface area contributed by atoms with Gasteiger partial charge in [-0.05, 0) is 31.5 Å². The molecule has 1 rings (SSSR count). The van der Waals surface area contributed by atoms with Crippen molar-refractivity contribution in [1.29, 1.82) is 0 Å². The lowest BCUT2D eigenvalue weighted by molar-refractivity contribution is -0.137. The number of hydrogen-bond donors (Lipinski definition) is 0. The average molecular weight is 237 g/mol. The van der Waals surface area contributed by atoms with E-state index in [2.05, 4.69) is 0 Å². The quantitative estimate of drug-likeness (QED) is 0.677. The van der Waals surface area contributed by atoms with Gasteiger partial charge in [0.05, 0.1) is 10.6 Å². The van der Waals surface area contributed by atoms with E-state index < -0.39 is 17.5 Å². The van der Waals surface area contributed by atoms with Crippen molar-refractivity contribution in [3.63, 3.8) is 0 Å². The van der Waals surface area contributed by atoms with Crippen LogP contribution in [0.1, 0.15) is 28.4 Å². The Labute approximate surface area is 89.9 Å². The van der Waals surface area contributed by atoms with Gasteiger partial charge in [-0.25, -0.2) is 0 Å². The van der Waals surface area contributed by atoms with Crippen LogP contribution in [-0.2, 0) is 6.18 Å². The molecule has 1 nitrogen and oxygen atoms in total. The van der Waals surface area contributed by atoms with E-state index in [0.29, 0.717) is 0 Å². The largest absolute Gasteiger partial charge is 0.418 e. The van der Waals surface area contributed by atoms with Crippen molar-refractivity contribution in [2.45, 2.75) is 20.0 Å². The molecule has 0 saturated heterocycles. The van der Waals surface area contributed by atoms with E-state index in [4.69, 9.17) is 11.6 Å². The first kappa shape index (κ1) is 12.0. The van der Waals surface area contributed by atoms with E-state index in [1.807, 2.05) is 0 Å². The Morgan fingerprint density at radius 2 is 1.87 bits per heavy atom. The van der Waals surface area contributed by atoms with Gasteiger partial charge in [0, 0.05) is 5.56 Å². The number of halogens is 4. The average Bonchev–Trinajstić information content (AvgIpc) is 2.00. The molecule has 1 aromatic rings. The summed E-state index contributed by atoms with van der Waals surface area (Å²) < 4.78 is 37.7. The number of ketones is 1. The molecule has 0 N–H and O–H groups in total. The molecule has 1 aromatic carbocycles. The van der Waals surface area contributed by atoms with Crippen LogP contribution in [0.25, 0.3) is 0 Å². The van der Waals surface area contributed by atoms with Crippen LogP contribution in [0, 0.1) is 6.92 Å². The molecule has 0 unspecified atom stereocenters. The minimum Gasteiger partial charge on any atom is -0.295 e. The van der Waals surface area contributed by atoms with Gasteiger partial charge in [-0.15, -0.1) is 0 Å². The number of benzene rings is 1. The minimum absolute atomic E-state index is 0.0479. The SMILES string of the molecule is CC(=O)c1ccc(Cl)c(C(F)(F)F)c1C. The lowest BCUT2D eigenvalue weighted by atomic mass is 9.99. The molecule has 0 spiro atoms. The van der Waals surface area contributed by atoms with Crippen molar-refractivity contribution >= 4 is 17.4 Å². The topological polar surface area (TPSA) is 17.1 Å². The van der Waals surface area contributed by atoms with E-state index in [1.54, 1.807) is 0 Å². The molecule has 5 heteroatoms. The second-order valence-electron chi connectivity index (χ2n) is 3.15. The van der Waals surface area contributed by atoms with Gasteiger partial charge < -0.3 is 0 Å². The number of alkyl halides is 3. The van der Waals surface area contributed by atoms with Crippen molar-refractivity contribution < 1.29 is 18.0 Å². The van der Waals surface area contributed by atoms with Crippen LogP contribution in [0.4, 0.5) is 13.2 Å². The number of carbonyl (C=O) groups excluding carboxylic acids is 1. The molecular formula is C10H8ClF3O. The van der Waals surface area contributed by atoms with E-state index in [1.165, 1.54) is 19.9 Å². The Morgan fingerprint density at radius 1 is 1.33 bits per heavy atom. The van der Waals surface area contributed by atoms with Crippen molar-refractivity contribution in [3.8, 4) is 0 Å². The van der Waals surface area contributed by atoms with Crippen LogP contribution in [0.3, 0.4) is 0 Å². The van der Waals surface area contributed by atoms with Crippen LogP contribution in [0.5, 0.6) is 0 Å². The van der Waals surface area contributed by atoms with Crippen molar-refractivity contribution in [2.75, 3.05) is 0 Å². The Bertz CT molecular complexity index is 410. The summed E-state index contributed by atoms with van der Waals surface area (Å²) in [5.41, 5.74) is -1.01. The zero-order chi connectivity index (χ0) is 11.8. The highest BCUT2D eigenvalue weighted by Crippen LogP contribution is 2.38. The monoisotopic (exact) mass is 236 g/mol. The van der Waals surface area contributed by atoms with Crippen molar-refractivity contribution in [1.82, 2.24) is 0 Å². The van der Waals surface area contributed by atoms with Gasteiger partial charge in [0.2, 0.25) is 0 Å². The minimum atomic E-state index is -4.54. The summed E-state index contributed by atoms with van der Waals surface area (Å²) in [6.07, 6.45) is -4.54. The number of hydrogen-bond acceptors (Lipinski definition) is 1. The van der Waals surface area contributed by atoms with Crippen molar-refractivity contribution in [3.05, 3.63) is 33.8 Å². The van der Waals surface area contributed by atoms with Crippen molar-refractivity contribution in [2.24, 2.45) is 0 Å². The lowest BCUT2D eigenvalue weighted by Gasteiger charge is -2.14. The van der Waals surface area contributed by atoms with Gasteiger partial charge in [0.15, 0.2) is 5.78 Å². The summed E-state index contributed by atoms with van der Waals surface area (Å²) in [6, 6.07) is 2.39. The molecule has 0 bridgehead atoms. The van der Waals surface area contributed by atoms with E-state index >= 15 is 0 Å². The molecule has 0 fully saturated rings.